The highest BCUT2D eigenvalue weighted by Crippen LogP contribution is 2.22. The summed E-state index contributed by atoms with van der Waals surface area (Å²) < 4.78 is 0. The Hall–Kier alpha value is -1.26. The number of aliphatic carboxylic acids is 1. The number of carbonyl (C=O) groups excluding carboxylic acids is 1. The van der Waals surface area contributed by atoms with E-state index in [1.54, 1.807) is 0 Å². The van der Waals surface area contributed by atoms with Gasteiger partial charge in [-0.1, -0.05) is 20.3 Å². The molecule has 2 amide bonds. The number of likely N-dealkylation sites (tertiary alicyclic amines) is 1. The summed E-state index contributed by atoms with van der Waals surface area (Å²) in [7, 11) is 0. The molecule has 2 unspecified atom stereocenters. The van der Waals surface area contributed by atoms with Gasteiger partial charge >= 0.3 is 12.0 Å². The Morgan fingerprint density at radius 3 is 2.67 bits per heavy atom. The zero-order valence-electron chi connectivity index (χ0n) is 13.7. The molecule has 1 aliphatic heterocycles. The standard InChI is InChI=1S/C16H30N2O3/c1-4-13(3)11-17(5-2)16(21)18-10-6-7-14(12-18)8-9-15(19)20/h13-14H,4-12H2,1-3H3,(H,19,20). The molecule has 5 heteroatoms. The van der Waals surface area contributed by atoms with E-state index in [0.29, 0.717) is 24.8 Å². The minimum atomic E-state index is -0.745. The van der Waals surface area contributed by atoms with Crippen LogP contribution in [0, 0.1) is 11.8 Å². The smallest absolute Gasteiger partial charge is 0.320 e. The number of hydrogen-bond acceptors (Lipinski definition) is 2. The van der Waals surface area contributed by atoms with Gasteiger partial charge in [0, 0.05) is 32.6 Å². The maximum atomic E-state index is 12.6. The molecule has 0 aromatic carbocycles. The second-order valence-corrected chi connectivity index (χ2v) is 6.22. The van der Waals surface area contributed by atoms with E-state index in [1.165, 1.54) is 0 Å². The molecule has 0 saturated carbocycles. The van der Waals surface area contributed by atoms with Crippen LogP contribution >= 0.6 is 0 Å². The third-order valence-corrected chi connectivity index (χ3v) is 4.44. The lowest BCUT2D eigenvalue weighted by Crippen LogP contribution is -2.48. The van der Waals surface area contributed by atoms with E-state index in [4.69, 9.17) is 5.11 Å². The highest BCUT2D eigenvalue weighted by atomic mass is 16.4. The molecular weight excluding hydrogens is 268 g/mol. The summed E-state index contributed by atoms with van der Waals surface area (Å²) in [5, 5.41) is 8.78. The van der Waals surface area contributed by atoms with Gasteiger partial charge in [0.15, 0.2) is 0 Å². The molecule has 0 bridgehead atoms. The Bertz CT molecular complexity index is 346. The molecule has 122 valence electrons. The number of urea groups is 1. The molecule has 1 saturated heterocycles. The second kappa shape index (κ2) is 8.90. The summed E-state index contributed by atoms with van der Waals surface area (Å²) in [6, 6.07) is 0.123. The van der Waals surface area contributed by atoms with E-state index in [-0.39, 0.29) is 12.5 Å². The molecular formula is C16H30N2O3. The minimum Gasteiger partial charge on any atom is -0.481 e. The molecule has 0 spiro atoms. The van der Waals surface area contributed by atoms with Crippen molar-refractivity contribution >= 4 is 12.0 Å². The maximum absolute atomic E-state index is 12.6. The quantitative estimate of drug-likeness (QED) is 0.786. The van der Waals surface area contributed by atoms with Crippen molar-refractivity contribution in [3.8, 4) is 0 Å². The first kappa shape index (κ1) is 17.8. The number of hydrogen-bond donors (Lipinski definition) is 1. The Balaban J connectivity index is 2.53. The topological polar surface area (TPSA) is 60.9 Å². The van der Waals surface area contributed by atoms with Crippen molar-refractivity contribution in [2.24, 2.45) is 11.8 Å². The van der Waals surface area contributed by atoms with E-state index in [1.807, 2.05) is 16.7 Å². The van der Waals surface area contributed by atoms with Gasteiger partial charge in [0.05, 0.1) is 0 Å². The molecule has 1 heterocycles. The predicted molar refractivity (Wildman–Crippen MR) is 83.3 cm³/mol. The molecule has 0 aliphatic carbocycles. The SMILES string of the molecule is CCC(C)CN(CC)C(=O)N1CCCC(CCC(=O)O)C1. The van der Waals surface area contributed by atoms with Crippen LogP contribution in [0.1, 0.15) is 52.9 Å². The van der Waals surface area contributed by atoms with Gasteiger partial charge in [-0.15, -0.1) is 0 Å². The van der Waals surface area contributed by atoms with Crippen molar-refractivity contribution in [1.82, 2.24) is 9.80 Å². The largest absolute Gasteiger partial charge is 0.481 e. The zero-order valence-corrected chi connectivity index (χ0v) is 13.7. The zero-order chi connectivity index (χ0) is 15.8. The lowest BCUT2D eigenvalue weighted by molar-refractivity contribution is -0.137. The Labute approximate surface area is 128 Å². The average molecular weight is 298 g/mol. The molecule has 21 heavy (non-hydrogen) atoms. The maximum Gasteiger partial charge on any atom is 0.320 e. The molecule has 1 rings (SSSR count). The summed E-state index contributed by atoms with van der Waals surface area (Å²) in [4.78, 5) is 27.1. The first-order valence-electron chi connectivity index (χ1n) is 8.23. The molecule has 5 nitrogen and oxygen atoms in total. The normalized spacial score (nSPS) is 20.1. The number of carboxylic acids is 1. The highest BCUT2D eigenvalue weighted by molar-refractivity contribution is 5.74. The molecule has 1 aliphatic rings. The van der Waals surface area contributed by atoms with Crippen LogP contribution in [0.25, 0.3) is 0 Å². The van der Waals surface area contributed by atoms with E-state index >= 15 is 0 Å². The number of carboxylic acid groups (broad SMARTS) is 1. The van der Waals surface area contributed by atoms with Gasteiger partial charge in [0.25, 0.3) is 0 Å². The van der Waals surface area contributed by atoms with Crippen molar-refractivity contribution in [2.45, 2.75) is 52.9 Å². The Kier molecular flexibility index (Phi) is 7.54. The number of nitrogens with zero attached hydrogens (tertiary/aromatic N) is 2. The number of amides is 2. The highest BCUT2D eigenvalue weighted by Gasteiger charge is 2.27. The Morgan fingerprint density at radius 2 is 2.10 bits per heavy atom. The summed E-state index contributed by atoms with van der Waals surface area (Å²) in [6.07, 6.45) is 3.98. The van der Waals surface area contributed by atoms with Crippen LogP contribution in [0.15, 0.2) is 0 Å². The van der Waals surface area contributed by atoms with Gasteiger partial charge in [0.1, 0.15) is 0 Å². The molecule has 0 aromatic rings. The van der Waals surface area contributed by atoms with Gasteiger partial charge in [-0.05, 0) is 38.0 Å². The van der Waals surface area contributed by atoms with Crippen LogP contribution < -0.4 is 0 Å². The van der Waals surface area contributed by atoms with Crippen molar-refractivity contribution in [2.75, 3.05) is 26.2 Å². The van der Waals surface area contributed by atoms with Gasteiger partial charge in [-0.3, -0.25) is 4.79 Å². The fourth-order valence-corrected chi connectivity index (χ4v) is 2.85. The van der Waals surface area contributed by atoms with Gasteiger partial charge in [-0.25, -0.2) is 4.79 Å². The van der Waals surface area contributed by atoms with Crippen LogP contribution in [0.3, 0.4) is 0 Å². The first-order valence-corrected chi connectivity index (χ1v) is 8.23. The number of rotatable bonds is 7. The molecule has 2 atom stereocenters. The number of piperidine rings is 1. The van der Waals surface area contributed by atoms with Crippen LogP contribution in [-0.2, 0) is 4.79 Å². The van der Waals surface area contributed by atoms with E-state index in [2.05, 4.69) is 13.8 Å². The first-order chi connectivity index (χ1) is 9.97. The van der Waals surface area contributed by atoms with Crippen LogP contribution in [-0.4, -0.2) is 53.1 Å². The molecule has 0 radical (unpaired) electrons. The van der Waals surface area contributed by atoms with Gasteiger partial charge < -0.3 is 14.9 Å². The van der Waals surface area contributed by atoms with Crippen LogP contribution in [0.2, 0.25) is 0 Å². The van der Waals surface area contributed by atoms with E-state index in [9.17, 15) is 9.59 Å². The fourth-order valence-electron chi connectivity index (χ4n) is 2.85. The van der Waals surface area contributed by atoms with E-state index in [0.717, 1.165) is 38.9 Å². The lowest BCUT2D eigenvalue weighted by Gasteiger charge is -2.37. The van der Waals surface area contributed by atoms with Crippen LogP contribution in [0.4, 0.5) is 4.79 Å². The molecule has 0 aromatic heterocycles. The molecule has 1 fully saturated rings. The van der Waals surface area contributed by atoms with Crippen molar-refractivity contribution in [3.05, 3.63) is 0 Å². The monoisotopic (exact) mass is 298 g/mol. The van der Waals surface area contributed by atoms with Gasteiger partial charge in [-0.2, -0.15) is 0 Å². The van der Waals surface area contributed by atoms with Crippen molar-refractivity contribution in [3.63, 3.8) is 0 Å². The Morgan fingerprint density at radius 1 is 1.38 bits per heavy atom. The van der Waals surface area contributed by atoms with E-state index < -0.39 is 5.97 Å². The summed E-state index contributed by atoms with van der Waals surface area (Å²) in [5.41, 5.74) is 0. The van der Waals surface area contributed by atoms with Crippen LogP contribution in [0.5, 0.6) is 0 Å². The van der Waals surface area contributed by atoms with Gasteiger partial charge in [0.2, 0.25) is 0 Å². The third kappa shape index (κ3) is 5.94. The number of carbonyl (C=O) groups is 2. The van der Waals surface area contributed by atoms with Crippen molar-refractivity contribution < 1.29 is 14.7 Å². The average Bonchev–Trinajstić information content (AvgIpc) is 2.49. The summed E-state index contributed by atoms with van der Waals surface area (Å²) in [6.45, 7) is 9.39. The third-order valence-electron chi connectivity index (χ3n) is 4.44. The summed E-state index contributed by atoms with van der Waals surface area (Å²) >= 11 is 0. The molecule has 1 N–H and O–H groups in total. The lowest BCUT2D eigenvalue weighted by atomic mass is 9.93. The predicted octanol–water partition coefficient (Wildman–Crippen LogP) is 3.05. The summed E-state index contributed by atoms with van der Waals surface area (Å²) in [5.74, 6) is 0.105. The minimum absolute atomic E-state index is 0.123. The second-order valence-electron chi connectivity index (χ2n) is 6.22. The fraction of sp³-hybridized carbons (Fsp3) is 0.875. The van der Waals surface area contributed by atoms with Crippen molar-refractivity contribution in [1.29, 1.82) is 0 Å².